The zero-order chi connectivity index (χ0) is 15.6. The van der Waals surface area contributed by atoms with Crippen LogP contribution >= 0.6 is 0 Å². The normalized spacial score (nSPS) is 34.0. The van der Waals surface area contributed by atoms with Crippen LogP contribution in [0.2, 0.25) is 0 Å². The first-order valence-corrected chi connectivity index (χ1v) is 6.68. The highest BCUT2D eigenvalue weighted by Crippen LogP contribution is 2.47. The largest absolute Gasteiger partial charge is 0.393 e. The van der Waals surface area contributed by atoms with Crippen molar-refractivity contribution in [3.05, 3.63) is 12.7 Å². The summed E-state index contributed by atoms with van der Waals surface area (Å²) in [7, 11) is 1.56. The van der Waals surface area contributed by atoms with E-state index in [0.29, 0.717) is 11.2 Å². The third kappa shape index (κ3) is 1.34. The molecule has 4 heterocycles. The molecule has 1 amide bonds. The highest BCUT2D eigenvalue weighted by atomic mass is 16.6. The third-order valence-electron chi connectivity index (χ3n) is 4.45. The van der Waals surface area contributed by atoms with Gasteiger partial charge < -0.3 is 25.6 Å². The van der Waals surface area contributed by atoms with Crippen LogP contribution in [0, 0.1) is 0 Å². The van der Waals surface area contributed by atoms with Gasteiger partial charge in [-0.1, -0.05) is 0 Å². The Hall–Kier alpha value is -2.30. The van der Waals surface area contributed by atoms with Gasteiger partial charge in [-0.15, -0.1) is 0 Å². The van der Waals surface area contributed by atoms with E-state index in [-0.39, 0.29) is 5.82 Å². The van der Waals surface area contributed by atoms with Gasteiger partial charge in [0.05, 0.1) is 12.9 Å². The molecule has 116 valence electrons. The molecule has 2 unspecified atom stereocenters. The molecule has 0 spiro atoms. The minimum Gasteiger partial charge on any atom is -0.393 e. The molecule has 2 fully saturated rings. The van der Waals surface area contributed by atoms with Crippen LogP contribution in [-0.2, 0) is 9.53 Å². The molecule has 2 bridgehead atoms. The maximum absolute atomic E-state index is 12.2. The number of amides is 1. The molecule has 0 saturated carbocycles. The van der Waals surface area contributed by atoms with E-state index in [4.69, 9.17) is 10.5 Å². The number of aliphatic hydroxyl groups is 2. The Balaban J connectivity index is 1.85. The molecular formula is C12H14N6O4. The van der Waals surface area contributed by atoms with Crippen LogP contribution in [0.3, 0.4) is 0 Å². The van der Waals surface area contributed by atoms with Gasteiger partial charge >= 0.3 is 0 Å². The number of hydrogen-bond acceptors (Lipinski definition) is 8. The lowest BCUT2D eigenvalue weighted by Gasteiger charge is -2.33. The Morgan fingerprint density at radius 3 is 2.91 bits per heavy atom. The van der Waals surface area contributed by atoms with Gasteiger partial charge in [-0.05, 0) is 0 Å². The maximum atomic E-state index is 12.2. The first-order valence-electron chi connectivity index (χ1n) is 6.68. The van der Waals surface area contributed by atoms with Crippen LogP contribution in [0.4, 0.5) is 5.82 Å². The number of aliphatic hydroxyl groups excluding tert-OH is 2. The molecule has 22 heavy (non-hydrogen) atoms. The molecule has 2 aliphatic rings. The van der Waals surface area contributed by atoms with Crippen molar-refractivity contribution in [3.63, 3.8) is 0 Å². The summed E-state index contributed by atoms with van der Waals surface area (Å²) in [6, 6.07) is -0.645. The Morgan fingerprint density at radius 2 is 2.23 bits per heavy atom. The second-order valence-corrected chi connectivity index (χ2v) is 5.49. The number of nitrogens with two attached hydrogens (primary N) is 1. The second-order valence-electron chi connectivity index (χ2n) is 5.49. The van der Waals surface area contributed by atoms with Crippen molar-refractivity contribution in [2.45, 2.75) is 24.0 Å². The molecule has 0 aromatic carbocycles. The van der Waals surface area contributed by atoms with Gasteiger partial charge in [0.2, 0.25) is 0 Å². The van der Waals surface area contributed by atoms with Gasteiger partial charge in [0.25, 0.3) is 5.91 Å². The van der Waals surface area contributed by atoms with Crippen LogP contribution in [0.5, 0.6) is 0 Å². The van der Waals surface area contributed by atoms with Gasteiger partial charge in [-0.3, -0.25) is 9.36 Å². The SMILES string of the molecule is CN1C(=O)[C@@]2(CO)O[C@@H](n3cnc4c(N)ncnc43)C1C2O. The van der Waals surface area contributed by atoms with Crippen LogP contribution < -0.4 is 5.73 Å². The smallest absolute Gasteiger partial charge is 0.260 e. The van der Waals surface area contributed by atoms with E-state index in [1.165, 1.54) is 17.6 Å². The number of carbonyl (C=O) groups excluding carboxylic acids is 1. The van der Waals surface area contributed by atoms with Crippen LogP contribution in [0.1, 0.15) is 6.23 Å². The zero-order valence-corrected chi connectivity index (χ0v) is 11.6. The van der Waals surface area contributed by atoms with E-state index in [0.717, 1.165) is 0 Å². The first kappa shape index (κ1) is 13.4. The summed E-state index contributed by atoms with van der Waals surface area (Å²) in [6.45, 7) is -0.603. The second kappa shape index (κ2) is 4.12. The number of morpholine rings is 1. The van der Waals surface area contributed by atoms with Crippen LogP contribution in [0.15, 0.2) is 12.7 Å². The fourth-order valence-electron chi connectivity index (χ4n) is 3.28. The van der Waals surface area contributed by atoms with Crippen molar-refractivity contribution in [2.24, 2.45) is 0 Å². The predicted octanol–water partition coefficient (Wildman–Crippen LogP) is -2.13. The highest BCUT2D eigenvalue weighted by Gasteiger charge is 2.68. The topological polar surface area (TPSA) is 140 Å². The summed E-state index contributed by atoms with van der Waals surface area (Å²) in [4.78, 5) is 25.7. The summed E-state index contributed by atoms with van der Waals surface area (Å²) in [5.41, 5.74) is 4.96. The molecule has 2 saturated heterocycles. The number of fused-ring (bicyclic) bond motifs is 3. The summed E-state index contributed by atoms with van der Waals surface area (Å²) < 4.78 is 7.30. The summed E-state index contributed by atoms with van der Waals surface area (Å²) in [6.07, 6.45) is 0.911. The molecule has 4 N–H and O–H groups in total. The predicted molar refractivity (Wildman–Crippen MR) is 72.2 cm³/mol. The average molecular weight is 306 g/mol. The van der Waals surface area contributed by atoms with Gasteiger partial charge in [-0.2, -0.15) is 0 Å². The molecule has 4 rings (SSSR count). The molecule has 10 nitrogen and oxygen atoms in total. The average Bonchev–Trinajstić information content (AvgIpc) is 3.11. The Bertz CT molecular complexity index is 778. The molecule has 2 aromatic heterocycles. The number of hydrogen-bond donors (Lipinski definition) is 3. The molecule has 0 aliphatic carbocycles. The summed E-state index contributed by atoms with van der Waals surface area (Å²) in [5, 5.41) is 19.9. The fraction of sp³-hybridized carbons (Fsp3) is 0.500. The third-order valence-corrected chi connectivity index (χ3v) is 4.45. The van der Waals surface area contributed by atoms with Crippen LogP contribution in [0.25, 0.3) is 11.2 Å². The van der Waals surface area contributed by atoms with E-state index in [1.54, 1.807) is 11.6 Å². The Kier molecular flexibility index (Phi) is 2.50. The zero-order valence-electron chi connectivity index (χ0n) is 11.6. The number of rotatable bonds is 2. The molecule has 2 aliphatic heterocycles. The van der Waals surface area contributed by atoms with Crippen molar-refractivity contribution in [1.82, 2.24) is 24.4 Å². The minimum atomic E-state index is -1.64. The van der Waals surface area contributed by atoms with Gasteiger partial charge in [-0.25, -0.2) is 15.0 Å². The summed E-state index contributed by atoms with van der Waals surface area (Å²) in [5.74, 6) is -0.212. The number of aromatic nitrogens is 4. The minimum absolute atomic E-state index is 0.230. The van der Waals surface area contributed by atoms with Crippen molar-refractivity contribution < 1.29 is 19.7 Å². The molecule has 0 radical (unpaired) electrons. The van der Waals surface area contributed by atoms with E-state index >= 15 is 0 Å². The summed E-state index contributed by atoms with van der Waals surface area (Å²) >= 11 is 0. The number of nitrogens with zero attached hydrogens (tertiary/aromatic N) is 5. The molecular weight excluding hydrogens is 292 g/mol. The quantitative estimate of drug-likeness (QED) is 0.571. The van der Waals surface area contributed by atoms with Crippen molar-refractivity contribution in [3.8, 4) is 0 Å². The van der Waals surface area contributed by atoms with Gasteiger partial charge in [0.1, 0.15) is 24.0 Å². The van der Waals surface area contributed by atoms with E-state index in [2.05, 4.69) is 15.0 Å². The number of likely N-dealkylation sites (N-methyl/N-ethyl adjacent to an activating group) is 1. The number of imidazole rings is 1. The first-order chi connectivity index (χ1) is 10.5. The Labute approximate surface area is 124 Å². The van der Waals surface area contributed by atoms with E-state index in [1.807, 2.05) is 0 Å². The lowest BCUT2D eigenvalue weighted by atomic mass is 10.00. The van der Waals surface area contributed by atoms with Crippen LogP contribution in [-0.4, -0.2) is 71.9 Å². The van der Waals surface area contributed by atoms with Gasteiger partial charge in [0, 0.05) is 7.05 Å². The highest BCUT2D eigenvalue weighted by molar-refractivity contribution is 5.90. The monoisotopic (exact) mass is 306 g/mol. The number of nitrogen functional groups attached to an aromatic ring is 1. The number of anilines is 1. The van der Waals surface area contributed by atoms with Crippen molar-refractivity contribution in [1.29, 1.82) is 0 Å². The van der Waals surface area contributed by atoms with Gasteiger partial charge in [0.15, 0.2) is 23.3 Å². The van der Waals surface area contributed by atoms with E-state index < -0.39 is 36.5 Å². The number of ether oxygens (including phenoxy) is 1. The van der Waals surface area contributed by atoms with E-state index in [9.17, 15) is 15.0 Å². The fourth-order valence-corrected chi connectivity index (χ4v) is 3.28. The molecule has 4 atom stereocenters. The lowest BCUT2D eigenvalue weighted by Crippen LogP contribution is -2.51. The molecule has 10 heteroatoms. The molecule has 2 aromatic rings. The number of likely N-dealkylation sites (tertiary alicyclic amines) is 1. The number of carbonyl (C=O) groups is 1. The Morgan fingerprint density at radius 1 is 1.45 bits per heavy atom. The lowest BCUT2D eigenvalue weighted by molar-refractivity contribution is -0.181. The van der Waals surface area contributed by atoms with Crippen molar-refractivity contribution >= 4 is 22.9 Å². The standard InChI is InChI=1S/C12H14N6O4/c1-17-6-7(20)12(2-19,11(17)21)22-10(6)18-4-16-5-8(13)14-3-15-9(5)18/h3-4,6-7,10,19-20H,2H2,1H3,(H2,13,14,15)/t6?,7?,10-,12+/m1/s1. The van der Waals surface area contributed by atoms with Crippen molar-refractivity contribution in [2.75, 3.05) is 19.4 Å². The maximum Gasteiger partial charge on any atom is 0.260 e.